The van der Waals surface area contributed by atoms with Crippen LogP contribution in [-0.2, 0) is 9.53 Å². The van der Waals surface area contributed by atoms with Gasteiger partial charge < -0.3 is 19.4 Å². The van der Waals surface area contributed by atoms with Gasteiger partial charge in [0, 0.05) is 18.3 Å². The zero-order chi connectivity index (χ0) is 18.8. The van der Waals surface area contributed by atoms with Crippen LogP contribution in [0.4, 0.5) is 5.69 Å². The van der Waals surface area contributed by atoms with Crippen LogP contribution >= 0.6 is 0 Å². The molecule has 138 valence electrons. The normalized spacial score (nSPS) is 11.0. The number of carbonyl (C=O) groups is 2. The average Bonchev–Trinajstić information content (AvgIpc) is 3.18. The van der Waals surface area contributed by atoms with Gasteiger partial charge in [0.25, 0.3) is 0 Å². The molecule has 0 saturated heterocycles. The van der Waals surface area contributed by atoms with E-state index in [2.05, 4.69) is 24.1 Å². The number of hydrogen-bond donors (Lipinski definition) is 1. The van der Waals surface area contributed by atoms with E-state index < -0.39 is 0 Å². The van der Waals surface area contributed by atoms with E-state index in [1.165, 1.54) is 12.3 Å². The number of hydrogen-bond acceptors (Lipinski definition) is 5. The summed E-state index contributed by atoms with van der Waals surface area (Å²) >= 11 is 0. The van der Waals surface area contributed by atoms with Gasteiger partial charge in [-0.25, -0.2) is 4.79 Å². The number of ether oxygens (including phenoxy) is 1. The largest absolute Gasteiger partial charge is 0.465 e. The van der Waals surface area contributed by atoms with Crippen LogP contribution in [0, 0.1) is 0 Å². The maximum absolute atomic E-state index is 12.0. The van der Waals surface area contributed by atoms with E-state index in [9.17, 15) is 9.59 Å². The predicted molar refractivity (Wildman–Crippen MR) is 101 cm³/mol. The van der Waals surface area contributed by atoms with Crippen molar-refractivity contribution < 1.29 is 18.7 Å². The van der Waals surface area contributed by atoms with Gasteiger partial charge in [0.2, 0.25) is 5.91 Å². The van der Waals surface area contributed by atoms with Crippen LogP contribution in [0.25, 0.3) is 6.08 Å². The Morgan fingerprint density at radius 2 is 1.88 bits per heavy atom. The molecule has 1 aromatic carbocycles. The first kappa shape index (κ1) is 19.5. The highest BCUT2D eigenvalue weighted by molar-refractivity contribution is 6.02. The Morgan fingerprint density at radius 1 is 1.15 bits per heavy atom. The summed E-state index contributed by atoms with van der Waals surface area (Å²) in [5, 5.41) is 2.72. The molecule has 0 atom stereocenters. The Labute approximate surface area is 153 Å². The van der Waals surface area contributed by atoms with E-state index in [4.69, 9.17) is 9.15 Å². The van der Waals surface area contributed by atoms with E-state index >= 15 is 0 Å². The minimum atomic E-state index is -0.368. The van der Waals surface area contributed by atoms with Crippen LogP contribution < -0.4 is 5.32 Å². The molecule has 0 bridgehead atoms. The summed E-state index contributed by atoms with van der Waals surface area (Å²) in [4.78, 5) is 26.1. The smallest absolute Gasteiger partial charge is 0.338 e. The summed E-state index contributed by atoms with van der Waals surface area (Å²) in [6.45, 7) is 7.07. The number of nitrogens with zero attached hydrogens (tertiary/aromatic N) is 1. The summed E-state index contributed by atoms with van der Waals surface area (Å²) in [6.07, 6.45) is 4.50. The van der Waals surface area contributed by atoms with Gasteiger partial charge in [-0.2, -0.15) is 0 Å². The Hall–Kier alpha value is -2.86. The first-order valence-electron chi connectivity index (χ1n) is 8.64. The van der Waals surface area contributed by atoms with Crippen LogP contribution in [-0.4, -0.2) is 43.0 Å². The zero-order valence-electron chi connectivity index (χ0n) is 15.1. The van der Waals surface area contributed by atoms with Crippen LogP contribution in [0.2, 0.25) is 0 Å². The molecule has 0 aliphatic rings. The quantitative estimate of drug-likeness (QED) is 0.550. The molecule has 0 fully saturated rings. The molecule has 1 N–H and O–H groups in total. The van der Waals surface area contributed by atoms with Gasteiger partial charge >= 0.3 is 5.97 Å². The molecule has 2 aromatic rings. The van der Waals surface area contributed by atoms with Crippen molar-refractivity contribution in [2.75, 3.05) is 31.6 Å². The summed E-state index contributed by atoms with van der Waals surface area (Å²) in [7, 11) is 0. The molecule has 1 aromatic heterocycles. The second-order valence-electron chi connectivity index (χ2n) is 5.58. The molecule has 1 amide bonds. The Balaban J connectivity index is 1.81. The number of nitrogens with one attached hydrogen (secondary N) is 1. The third-order valence-corrected chi connectivity index (χ3v) is 3.87. The van der Waals surface area contributed by atoms with Gasteiger partial charge in [-0.1, -0.05) is 13.8 Å². The van der Waals surface area contributed by atoms with Crippen molar-refractivity contribution in [1.29, 1.82) is 0 Å². The standard InChI is InChI=1S/C20H24N2O4/c1-3-22(4-2)13-15-26-20(24)16-7-9-17(10-8-16)21-19(23)12-11-18-6-5-14-25-18/h5-12,14H,3-4,13,15H2,1-2H3,(H,21,23)/b12-11+. The topological polar surface area (TPSA) is 71.8 Å². The van der Waals surface area contributed by atoms with Gasteiger partial charge in [-0.05, 0) is 55.6 Å². The van der Waals surface area contributed by atoms with Crippen molar-refractivity contribution in [2.45, 2.75) is 13.8 Å². The van der Waals surface area contributed by atoms with Crippen LogP contribution in [0.5, 0.6) is 0 Å². The minimum absolute atomic E-state index is 0.282. The van der Waals surface area contributed by atoms with Crippen LogP contribution in [0.15, 0.2) is 53.2 Å². The third kappa shape index (κ3) is 6.22. The lowest BCUT2D eigenvalue weighted by Crippen LogP contribution is -2.27. The SMILES string of the molecule is CCN(CC)CCOC(=O)c1ccc(NC(=O)/C=C/c2ccco2)cc1. The second-order valence-corrected chi connectivity index (χ2v) is 5.58. The van der Waals surface area contributed by atoms with Crippen molar-refractivity contribution in [3.05, 3.63) is 60.1 Å². The lowest BCUT2D eigenvalue weighted by Gasteiger charge is -2.17. The number of rotatable bonds is 9. The fraction of sp³-hybridized carbons (Fsp3) is 0.300. The van der Waals surface area contributed by atoms with Crippen molar-refractivity contribution in [3.63, 3.8) is 0 Å². The lowest BCUT2D eigenvalue weighted by molar-refractivity contribution is -0.111. The molecule has 0 radical (unpaired) electrons. The number of esters is 1. The molecule has 6 nitrogen and oxygen atoms in total. The molecule has 0 aliphatic heterocycles. The predicted octanol–water partition coefficient (Wildman–Crippen LogP) is 3.43. The van der Waals surface area contributed by atoms with E-state index in [1.807, 2.05) is 0 Å². The monoisotopic (exact) mass is 356 g/mol. The van der Waals surface area contributed by atoms with Gasteiger partial charge in [0.1, 0.15) is 12.4 Å². The Morgan fingerprint density at radius 3 is 2.50 bits per heavy atom. The van der Waals surface area contributed by atoms with Gasteiger partial charge in [-0.15, -0.1) is 0 Å². The lowest BCUT2D eigenvalue weighted by atomic mass is 10.2. The molecule has 26 heavy (non-hydrogen) atoms. The van der Waals surface area contributed by atoms with Crippen LogP contribution in [0.1, 0.15) is 30.0 Å². The van der Waals surface area contributed by atoms with Gasteiger partial charge in [-0.3, -0.25) is 4.79 Å². The number of anilines is 1. The first-order valence-corrected chi connectivity index (χ1v) is 8.64. The van der Waals surface area contributed by atoms with Crippen molar-refractivity contribution >= 4 is 23.6 Å². The fourth-order valence-corrected chi connectivity index (χ4v) is 2.31. The third-order valence-electron chi connectivity index (χ3n) is 3.87. The zero-order valence-corrected chi connectivity index (χ0v) is 15.1. The summed E-state index contributed by atoms with van der Waals surface area (Å²) < 4.78 is 10.4. The molecule has 0 unspecified atom stereocenters. The van der Waals surface area contributed by atoms with Gasteiger partial charge in [0.15, 0.2) is 0 Å². The highest BCUT2D eigenvalue weighted by Crippen LogP contribution is 2.11. The van der Waals surface area contributed by atoms with Crippen molar-refractivity contribution in [1.82, 2.24) is 4.90 Å². The minimum Gasteiger partial charge on any atom is -0.465 e. The maximum atomic E-state index is 12.0. The highest BCUT2D eigenvalue weighted by atomic mass is 16.5. The molecule has 6 heteroatoms. The van der Waals surface area contributed by atoms with E-state index in [-0.39, 0.29) is 11.9 Å². The highest BCUT2D eigenvalue weighted by Gasteiger charge is 2.08. The second kappa shape index (κ2) is 10.2. The molecule has 0 aliphatic carbocycles. The Bertz CT molecular complexity index is 717. The molecular formula is C20H24N2O4. The van der Waals surface area contributed by atoms with E-state index in [0.29, 0.717) is 23.6 Å². The Kier molecular flexibility index (Phi) is 7.64. The fourth-order valence-electron chi connectivity index (χ4n) is 2.31. The number of likely N-dealkylation sites (N-methyl/N-ethyl adjacent to an activating group) is 1. The van der Waals surface area contributed by atoms with E-state index in [1.54, 1.807) is 42.5 Å². The molecule has 0 spiro atoms. The number of furan rings is 1. The molecule has 2 rings (SSSR count). The molecular weight excluding hydrogens is 332 g/mol. The van der Waals surface area contributed by atoms with Crippen molar-refractivity contribution in [3.8, 4) is 0 Å². The van der Waals surface area contributed by atoms with Crippen LogP contribution in [0.3, 0.4) is 0 Å². The molecule has 0 saturated carbocycles. The van der Waals surface area contributed by atoms with E-state index in [0.717, 1.165) is 19.6 Å². The molecule has 1 heterocycles. The summed E-state index contributed by atoms with van der Waals surface area (Å²) in [5.74, 6) is -0.0494. The number of carbonyl (C=O) groups excluding carboxylic acids is 2. The maximum Gasteiger partial charge on any atom is 0.338 e. The van der Waals surface area contributed by atoms with Gasteiger partial charge in [0.05, 0.1) is 11.8 Å². The van der Waals surface area contributed by atoms with Crippen molar-refractivity contribution in [2.24, 2.45) is 0 Å². The summed E-state index contributed by atoms with van der Waals surface area (Å²) in [5.41, 5.74) is 1.05. The summed E-state index contributed by atoms with van der Waals surface area (Å²) in [6, 6.07) is 10.1. The number of amides is 1. The average molecular weight is 356 g/mol. The number of benzene rings is 1. The first-order chi connectivity index (χ1) is 12.6.